The standard InChI is InChI=1S/C20H12ClF2N5O2S.C9H13F2N.C8H10N2.C2H6.2Cs/c1-29-20-27-15-12-16(30-5-4-26-19(12)28-20)13(21)11(14(15)23)7-2-3-9(22)17-10(7)8(6-24)18(25)31-17;10-9(11)5-8(9)4-7-2-1-3-12(7)6-8;1-6-7-4-3-5-9-8(7)10(6)2;1-2;;/h2-3H,4-5,25H2,1H3,(H,26,27,28);7H,1-6H2;3-6H,1-2H3;1-2H3;;/t;;6-;;;/m..0.../s1. The number of nitrogens with zero attached hydrogens (tertiary/aromatic N) is 6. The monoisotopic (exact) mass is 1060 g/mol. The van der Waals surface area contributed by atoms with E-state index in [1.165, 1.54) is 31.2 Å². The molecule has 3 atom stereocenters. The van der Waals surface area contributed by atoms with Gasteiger partial charge in [-0.1, -0.05) is 37.6 Å². The van der Waals surface area contributed by atoms with Crippen molar-refractivity contribution in [3.8, 4) is 29.0 Å². The minimum absolute atomic E-state index is 0.0368. The fraction of sp³-hybridized carbons (Fsp3) is 0.436. The molecule has 3 fully saturated rings. The minimum atomic E-state index is -2.32. The average molecular weight is 1060 g/mol. The Balaban J connectivity index is 0.000000171. The van der Waals surface area contributed by atoms with Crippen molar-refractivity contribution in [1.82, 2.24) is 19.9 Å². The molecule has 2 saturated heterocycles. The predicted molar refractivity (Wildman–Crippen MR) is 220 cm³/mol. The molecule has 3 aromatic heterocycles. The Hall–Kier alpha value is -0.546. The third-order valence-electron chi connectivity index (χ3n) is 11.0. The number of ether oxygens (including phenoxy) is 2. The van der Waals surface area contributed by atoms with E-state index in [4.69, 9.17) is 26.8 Å². The zero-order valence-electron chi connectivity index (χ0n) is 33.1. The van der Waals surface area contributed by atoms with Gasteiger partial charge in [-0.25, -0.2) is 22.5 Å². The maximum atomic E-state index is 15.9. The first kappa shape index (κ1) is 46.0. The van der Waals surface area contributed by atoms with E-state index in [1.807, 2.05) is 32.2 Å². The van der Waals surface area contributed by atoms with Crippen LogP contribution in [0, 0.1) is 28.4 Å². The molecule has 18 heteroatoms. The van der Waals surface area contributed by atoms with Crippen LogP contribution in [0.15, 0.2) is 30.5 Å². The number of hydrogen-bond donors (Lipinski definition) is 2. The molecule has 57 heavy (non-hydrogen) atoms. The molecule has 10 rings (SSSR count). The van der Waals surface area contributed by atoms with Gasteiger partial charge < -0.3 is 25.4 Å². The molecule has 5 aromatic rings. The summed E-state index contributed by atoms with van der Waals surface area (Å²) in [5.74, 6) is -2.02. The van der Waals surface area contributed by atoms with Crippen molar-refractivity contribution in [2.75, 3.05) is 56.3 Å². The summed E-state index contributed by atoms with van der Waals surface area (Å²) in [6.45, 7) is 8.56. The number of thiophene rings is 1. The first-order chi connectivity index (χ1) is 27.4. The molecule has 1 aliphatic carbocycles. The number of nitrogens with two attached hydrogens (primary N) is 1. The number of rotatable bonds is 2. The van der Waals surface area contributed by atoms with Crippen molar-refractivity contribution in [3.63, 3.8) is 0 Å². The van der Waals surface area contributed by atoms with Gasteiger partial charge in [-0.2, -0.15) is 15.2 Å². The molecule has 292 valence electrons. The zero-order chi connectivity index (χ0) is 41.4. The van der Waals surface area contributed by atoms with Gasteiger partial charge in [0.25, 0.3) is 5.92 Å². The van der Waals surface area contributed by atoms with E-state index >= 15 is 4.39 Å². The van der Waals surface area contributed by atoms with Crippen LogP contribution in [0.5, 0.6) is 11.8 Å². The van der Waals surface area contributed by atoms with Crippen LogP contribution in [-0.4, -0.2) is 146 Å². The second-order valence-corrected chi connectivity index (χ2v) is 15.4. The van der Waals surface area contributed by atoms with Crippen LogP contribution in [0.1, 0.15) is 63.6 Å². The quantitative estimate of drug-likeness (QED) is 0.167. The number of nitriles is 1. The van der Waals surface area contributed by atoms with Gasteiger partial charge >= 0.3 is 79.6 Å². The molecule has 1 spiro atoms. The van der Waals surface area contributed by atoms with Gasteiger partial charge in [0, 0.05) is 48.8 Å². The summed E-state index contributed by atoms with van der Waals surface area (Å²) in [5, 5.41) is 13.2. The van der Waals surface area contributed by atoms with Crippen LogP contribution in [0.2, 0.25) is 5.02 Å². The molecule has 2 unspecified atom stereocenters. The van der Waals surface area contributed by atoms with E-state index in [0.29, 0.717) is 31.0 Å². The maximum absolute atomic E-state index is 15.9. The first-order valence-corrected chi connectivity index (χ1v) is 72.4. The molecule has 10 nitrogen and oxygen atoms in total. The Kier molecular flexibility index (Phi) is 15.5. The molecular formula is C39H41ClCs2F4N8O2S. The summed E-state index contributed by atoms with van der Waals surface area (Å²) in [7, 11) is 3.44. The number of methoxy groups -OCH3 is 1. The fourth-order valence-electron chi connectivity index (χ4n) is 8.04. The molecule has 3 N–H and O–H groups in total. The van der Waals surface area contributed by atoms with Crippen molar-refractivity contribution in [3.05, 3.63) is 58.2 Å². The van der Waals surface area contributed by atoms with Gasteiger partial charge in [0.2, 0.25) is 0 Å². The molecule has 0 radical (unpaired) electrons. The van der Waals surface area contributed by atoms with Crippen molar-refractivity contribution < 1.29 is 27.0 Å². The van der Waals surface area contributed by atoms with Gasteiger partial charge in [-0.05, 0) is 50.4 Å². The van der Waals surface area contributed by atoms with Crippen molar-refractivity contribution in [2.45, 2.75) is 64.5 Å². The Bertz CT molecular complexity index is 2310. The molecule has 0 amide bonds. The second-order valence-electron chi connectivity index (χ2n) is 14.0. The van der Waals surface area contributed by atoms with Gasteiger partial charge in [0.1, 0.15) is 40.6 Å². The molecule has 4 aliphatic heterocycles. The summed E-state index contributed by atoms with van der Waals surface area (Å²) < 4.78 is 67.4. The van der Waals surface area contributed by atoms with Crippen LogP contribution >= 0.6 is 22.9 Å². The molecule has 5 aliphatic rings. The Morgan fingerprint density at radius 2 is 1.91 bits per heavy atom. The SMILES string of the molecule is CC.COc1nc2c3c(c(Cl)c(-c4ccc(F)c5sc(N)c(C#N)c45)c(F)c3n1)OCCN2.C[C@H]1c2cccnc2N1C.FC1(F)CC12CC1CCCN1C2.[Cs][Cs]. The number of nitrogens with one attached hydrogen (secondary N) is 1. The molecule has 1 saturated carbocycles. The third-order valence-corrected chi connectivity index (χ3v) is 12.4. The van der Waals surface area contributed by atoms with E-state index in [-0.39, 0.29) is 72.5 Å². The van der Waals surface area contributed by atoms with E-state index in [2.05, 4.69) is 50.1 Å². The van der Waals surface area contributed by atoms with E-state index < -0.39 is 23.0 Å². The number of nitrogen functional groups attached to an aromatic ring is 1. The zero-order valence-corrected chi connectivity index (χ0v) is 47.2. The van der Waals surface area contributed by atoms with Crippen LogP contribution in [0.4, 0.5) is 34.2 Å². The average Bonchev–Trinajstić information content (AvgIpc) is 3.52. The van der Waals surface area contributed by atoms with Crippen LogP contribution in [-0.2, 0) is 0 Å². The van der Waals surface area contributed by atoms with Crippen molar-refractivity contribution >= 4 is 134 Å². The summed E-state index contributed by atoms with van der Waals surface area (Å²) >= 11 is 9.78. The normalized spacial score (nSPS) is 21.6. The Labute approximate surface area is 391 Å². The number of alkyl halides is 2. The van der Waals surface area contributed by atoms with Crippen LogP contribution in [0.25, 0.3) is 32.1 Å². The second kappa shape index (κ2) is 19.2. The summed E-state index contributed by atoms with van der Waals surface area (Å²) in [6, 6.07) is 9.65. The first-order valence-electron chi connectivity index (χ1n) is 19.2. The predicted octanol–water partition coefficient (Wildman–Crippen LogP) is 8.45. The van der Waals surface area contributed by atoms with E-state index in [9.17, 15) is 18.4 Å². The van der Waals surface area contributed by atoms with E-state index in [0.717, 1.165) is 110 Å². The fourth-order valence-corrected chi connectivity index (χ4v) is 9.33. The number of benzene rings is 2. The molecular weight excluding hydrogens is 1020 g/mol. The number of pyridine rings is 1. The molecule has 2 aromatic carbocycles. The Morgan fingerprint density at radius 1 is 1.18 bits per heavy atom. The van der Waals surface area contributed by atoms with Crippen molar-refractivity contribution in [2.24, 2.45) is 5.41 Å². The van der Waals surface area contributed by atoms with Crippen molar-refractivity contribution in [1.29, 1.82) is 5.26 Å². The molecule has 0 bridgehead atoms. The topological polar surface area (TPSA) is 125 Å². The number of anilines is 3. The van der Waals surface area contributed by atoms with Gasteiger partial charge in [0.15, 0.2) is 11.6 Å². The summed E-state index contributed by atoms with van der Waals surface area (Å²) in [5.41, 5.74) is 6.83. The molecule has 7 heterocycles. The van der Waals surface area contributed by atoms with Gasteiger partial charge in [-0.3, -0.25) is 4.90 Å². The number of halogens is 5. The van der Waals surface area contributed by atoms with E-state index in [1.54, 1.807) is 0 Å². The number of fused-ring (bicyclic) bond motifs is 3. The number of aromatic nitrogens is 3. The number of hydrogen-bond acceptors (Lipinski definition) is 11. The van der Waals surface area contributed by atoms with Gasteiger partial charge in [-0.15, -0.1) is 11.3 Å². The van der Waals surface area contributed by atoms with Crippen LogP contribution in [0.3, 0.4) is 0 Å². The third kappa shape index (κ3) is 8.64. The summed E-state index contributed by atoms with van der Waals surface area (Å²) in [4.78, 5) is 17.1. The van der Waals surface area contributed by atoms with Gasteiger partial charge in [0.05, 0.1) is 45.8 Å². The Morgan fingerprint density at radius 3 is 2.56 bits per heavy atom. The van der Waals surface area contributed by atoms with Crippen LogP contribution < -0.4 is 25.4 Å². The summed E-state index contributed by atoms with van der Waals surface area (Å²) in [6.07, 6.45) is 5.12.